The Bertz CT molecular complexity index is 821. The number of nitrogens with zero attached hydrogens (tertiary/aromatic N) is 1. The summed E-state index contributed by atoms with van der Waals surface area (Å²) in [4.78, 5) is 15.1. The van der Waals surface area contributed by atoms with Crippen molar-refractivity contribution < 1.29 is 14.3 Å². The van der Waals surface area contributed by atoms with Gasteiger partial charge in [-0.15, -0.1) is 11.8 Å². The van der Waals surface area contributed by atoms with Crippen molar-refractivity contribution in [3.8, 4) is 11.5 Å². The largest absolute Gasteiger partial charge is 0.486 e. The fourth-order valence-corrected chi connectivity index (χ4v) is 4.97. The first kappa shape index (κ1) is 19.2. The van der Waals surface area contributed by atoms with Gasteiger partial charge in [-0.3, -0.25) is 4.79 Å². The van der Waals surface area contributed by atoms with Gasteiger partial charge in [-0.2, -0.15) is 0 Å². The van der Waals surface area contributed by atoms with Crippen LogP contribution in [0.25, 0.3) is 0 Å². The van der Waals surface area contributed by atoms with Gasteiger partial charge in [-0.05, 0) is 48.2 Å². The smallest absolute Gasteiger partial charge is 0.255 e. The van der Waals surface area contributed by atoms with Crippen LogP contribution in [0.1, 0.15) is 53.0 Å². The third kappa shape index (κ3) is 4.14. The minimum Gasteiger partial charge on any atom is -0.486 e. The molecule has 0 aliphatic carbocycles. The van der Waals surface area contributed by atoms with Crippen LogP contribution in [0, 0.1) is 0 Å². The first-order chi connectivity index (χ1) is 13.8. The van der Waals surface area contributed by atoms with Crippen LogP contribution in [0.3, 0.4) is 0 Å². The molecule has 148 valence electrons. The van der Waals surface area contributed by atoms with E-state index >= 15 is 0 Å². The van der Waals surface area contributed by atoms with E-state index in [2.05, 4.69) is 19.1 Å². The summed E-state index contributed by atoms with van der Waals surface area (Å²) in [7, 11) is 0. The van der Waals surface area contributed by atoms with Crippen LogP contribution in [-0.4, -0.2) is 36.3 Å². The fraction of sp³-hybridized carbons (Fsp3) is 0.435. The van der Waals surface area contributed by atoms with E-state index in [1.807, 2.05) is 35.2 Å². The van der Waals surface area contributed by atoms with E-state index in [1.165, 1.54) is 24.8 Å². The van der Waals surface area contributed by atoms with Crippen molar-refractivity contribution in [3.63, 3.8) is 0 Å². The summed E-state index contributed by atoms with van der Waals surface area (Å²) in [6.07, 6.45) is 4.77. The molecule has 2 aliphatic rings. The minimum absolute atomic E-state index is 0.0209. The molecule has 1 fully saturated rings. The van der Waals surface area contributed by atoms with Gasteiger partial charge in [-0.1, -0.05) is 38.0 Å². The summed E-state index contributed by atoms with van der Waals surface area (Å²) in [5.74, 6) is 2.61. The molecule has 2 heterocycles. The summed E-state index contributed by atoms with van der Waals surface area (Å²) in [6, 6.07) is 14.2. The average molecular weight is 398 g/mol. The van der Waals surface area contributed by atoms with Crippen LogP contribution < -0.4 is 9.47 Å². The van der Waals surface area contributed by atoms with Crippen molar-refractivity contribution >= 4 is 17.7 Å². The Morgan fingerprint density at radius 1 is 1.07 bits per heavy atom. The van der Waals surface area contributed by atoms with Gasteiger partial charge in [0.1, 0.15) is 18.6 Å². The first-order valence-corrected chi connectivity index (χ1v) is 11.2. The number of hydrogen-bond donors (Lipinski definition) is 0. The van der Waals surface area contributed by atoms with E-state index in [4.69, 9.17) is 9.47 Å². The lowest BCUT2D eigenvalue weighted by atomic mass is 10.0. The average Bonchev–Trinajstić information content (AvgIpc) is 3.23. The number of hydrogen-bond acceptors (Lipinski definition) is 4. The number of carbonyl (C=O) groups excluding carboxylic acids is 1. The molecule has 0 bridgehead atoms. The van der Waals surface area contributed by atoms with Gasteiger partial charge >= 0.3 is 0 Å². The first-order valence-electron chi connectivity index (χ1n) is 10.2. The van der Waals surface area contributed by atoms with Crippen molar-refractivity contribution in [2.75, 3.05) is 25.5 Å². The number of fused-ring (bicyclic) bond motifs is 1. The van der Waals surface area contributed by atoms with Crippen LogP contribution in [0.2, 0.25) is 0 Å². The molecule has 1 saturated heterocycles. The lowest BCUT2D eigenvalue weighted by molar-refractivity contribution is 0.0760. The van der Waals surface area contributed by atoms with Gasteiger partial charge in [-0.25, -0.2) is 0 Å². The molecule has 2 aromatic carbocycles. The number of ether oxygens (including phenoxy) is 2. The number of thioether (sulfide) groups is 1. The summed E-state index contributed by atoms with van der Waals surface area (Å²) in [5.41, 5.74) is 3.17. The summed E-state index contributed by atoms with van der Waals surface area (Å²) in [5, 5.41) is 0.0209. The molecule has 0 radical (unpaired) electrons. The molecule has 2 aliphatic heterocycles. The second-order valence-corrected chi connectivity index (χ2v) is 8.47. The Kier molecular flexibility index (Phi) is 6.10. The van der Waals surface area contributed by atoms with E-state index in [9.17, 15) is 4.79 Å². The number of rotatable bonds is 6. The SMILES string of the molecule is CCCCCc1ccc(C(=O)N2CCS[C@H]2c2ccc3c(c2)OCCO3)cc1. The van der Waals surface area contributed by atoms with Crippen LogP contribution in [0.5, 0.6) is 11.5 Å². The number of carbonyl (C=O) groups is 1. The third-order valence-corrected chi connectivity index (χ3v) is 6.53. The predicted octanol–water partition coefficient (Wildman–Crippen LogP) is 5.08. The number of unbranched alkanes of at least 4 members (excludes halogenated alkanes) is 2. The molecule has 1 atom stereocenters. The van der Waals surface area contributed by atoms with Gasteiger partial charge in [0.2, 0.25) is 0 Å². The van der Waals surface area contributed by atoms with Gasteiger partial charge < -0.3 is 14.4 Å². The summed E-state index contributed by atoms with van der Waals surface area (Å²) in [6.45, 7) is 4.14. The molecule has 0 aromatic heterocycles. The topological polar surface area (TPSA) is 38.8 Å². The van der Waals surface area contributed by atoms with E-state index in [0.717, 1.165) is 41.3 Å². The zero-order valence-electron chi connectivity index (χ0n) is 16.4. The highest BCUT2D eigenvalue weighted by Gasteiger charge is 2.32. The zero-order chi connectivity index (χ0) is 19.3. The molecule has 2 aromatic rings. The summed E-state index contributed by atoms with van der Waals surface area (Å²) >= 11 is 1.80. The van der Waals surface area contributed by atoms with Gasteiger partial charge in [0.15, 0.2) is 11.5 Å². The molecule has 0 saturated carbocycles. The highest BCUT2D eigenvalue weighted by molar-refractivity contribution is 7.99. The molecule has 0 spiro atoms. The van der Waals surface area contributed by atoms with Crippen molar-refractivity contribution in [2.24, 2.45) is 0 Å². The number of aryl methyl sites for hydroxylation is 1. The Balaban J connectivity index is 1.48. The molecule has 0 N–H and O–H groups in total. The Morgan fingerprint density at radius 3 is 2.64 bits per heavy atom. The lowest BCUT2D eigenvalue weighted by Gasteiger charge is -2.26. The van der Waals surface area contributed by atoms with E-state index < -0.39 is 0 Å². The second kappa shape index (κ2) is 8.91. The zero-order valence-corrected chi connectivity index (χ0v) is 17.2. The summed E-state index contributed by atoms with van der Waals surface area (Å²) < 4.78 is 11.3. The van der Waals surface area contributed by atoms with Crippen LogP contribution in [0.4, 0.5) is 0 Å². The fourth-order valence-electron chi connectivity index (χ4n) is 3.73. The predicted molar refractivity (Wildman–Crippen MR) is 113 cm³/mol. The van der Waals surface area contributed by atoms with Gasteiger partial charge in [0.05, 0.1) is 0 Å². The number of amides is 1. The molecule has 1 amide bonds. The maximum Gasteiger partial charge on any atom is 0.255 e. The molecule has 28 heavy (non-hydrogen) atoms. The van der Waals surface area contributed by atoms with Gasteiger partial charge in [0, 0.05) is 17.9 Å². The molecular weight excluding hydrogens is 370 g/mol. The quantitative estimate of drug-likeness (QED) is 0.637. The Morgan fingerprint density at radius 2 is 1.86 bits per heavy atom. The molecule has 4 nitrogen and oxygen atoms in total. The highest BCUT2D eigenvalue weighted by Crippen LogP contribution is 2.42. The van der Waals surface area contributed by atoms with Crippen molar-refractivity contribution in [2.45, 2.75) is 38.0 Å². The molecule has 5 heteroatoms. The highest BCUT2D eigenvalue weighted by atomic mass is 32.2. The van der Waals surface area contributed by atoms with Crippen LogP contribution >= 0.6 is 11.8 Å². The van der Waals surface area contributed by atoms with E-state index in [1.54, 1.807) is 11.8 Å². The maximum atomic E-state index is 13.1. The molecule has 0 unspecified atom stereocenters. The van der Waals surface area contributed by atoms with Gasteiger partial charge in [0.25, 0.3) is 5.91 Å². The molecular formula is C23H27NO3S. The van der Waals surface area contributed by atoms with E-state index in [-0.39, 0.29) is 11.3 Å². The van der Waals surface area contributed by atoms with Crippen molar-refractivity contribution in [1.29, 1.82) is 0 Å². The third-order valence-electron chi connectivity index (χ3n) is 5.27. The Labute approximate surface area is 171 Å². The molecule has 4 rings (SSSR count). The van der Waals surface area contributed by atoms with Crippen molar-refractivity contribution in [3.05, 3.63) is 59.2 Å². The minimum atomic E-state index is 0.0209. The van der Waals surface area contributed by atoms with Crippen LogP contribution in [-0.2, 0) is 6.42 Å². The number of benzene rings is 2. The maximum absolute atomic E-state index is 13.1. The Hall–Kier alpha value is -2.14. The monoisotopic (exact) mass is 397 g/mol. The normalized spacial score (nSPS) is 18.3. The standard InChI is InChI=1S/C23H27NO3S/c1-2-3-4-5-17-6-8-18(9-7-17)22(25)24-12-15-28-23(24)19-10-11-20-21(16-19)27-14-13-26-20/h6-11,16,23H,2-5,12-15H2,1H3/t23-/m0/s1. The lowest BCUT2D eigenvalue weighted by Crippen LogP contribution is -2.30. The van der Waals surface area contributed by atoms with E-state index in [0.29, 0.717) is 13.2 Å². The second-order valence-electron chi connectivity index (χ2n) is 7.28. The van der Waals surface area contributed by atoms with Crippen molar-refractivity contribution in [1.82, 2.24) is 4.90 Å². The van der Waals surface area contributed by atoms with Crippen LogP contribution in [0.15, 0.2) is 42.5 Å².